The monoisotopic (exact) mass is 219 g/mol. The summed E-state index contributed by atoms with van der Waals surface area (Å²) >= 11 is 3.27. The molecule has 0 spiro atoms. The Kier molecular flexibility index (Phi) is 3.38. The van der Waals surface area contributed by atoms with E-state index >= 15 is 0 Å². The van der Waals surface area contributed by atoms with Crippen LogP contribution in [-0.2, 0) is 0 Å². The van der Waals surface area contributed by atoms with Gasteiger partial charge in [-0.2, -0.15) is 5.10 Å². The fraction of sp³-hybridized carbons (Fsp3) is 0.500. The number of hydrogen-bond acceptors (Lipinski definition) is 3. The molecule has 0 aromatic carbocycles. The smallest absolute Gasteiger partial charge is 0.223 e. The minimum Gasteiger partial charge on any atom is -0.477 e. The van der Waals surface area contributed by atoms with Crippen LogP contribution in [0.2, 0.25) is 0 Å². The van der Waals surface area contributed by atoms with E-state index in [1.807, 2.05) is 0 Å². The molecule has 1 aromatic heterocycles. The first-order valence-corrected chi connectivity index (χ1v) is 4.15. The molecular weight excluding hydrogens is 210 g/mol. The van der Waals surface area contributed by atoms with E-state index in [1.165, 1.54) is 0 Å². The van der Waals surface area contributed by atoms with Gasteiger partial charge in [0.2, 0.25) is 5.88 Å². The Morgan fingerprint density at radius 1 is 1.73 bits per heavy atom. The van der Waals surface area contributed by atoms with Gasteiger partial charge in [-0.05, 0) is 28.9 Å². The molecule has 0 amide bonds. The molecule has 0 atom stereocenters. The average Bonchev–Trinajstić information content (AvgIpc) is 2.37. The van der Waals surface area contributed by atoms with Crippen LogP contribution in [-0.4, -0.2) is 23.3 Å². The second-order valence-corrected chi connectivity index (χ2v) is 2.89. The van der Waals surface area contributed by atoms with Crippen molar-refractivity contribution in [2.24, 2.45) is 5.73 Å². The molecule has 0 aliphatic rings. The van der Waals surface area contributed by atoms with Crippen LogP contribution >= 0.6 is 15.9 Å². The number of rotatable bonds is 4. The molecule has 62 valence electrons. The molecule has 3 N–H and O–H groups in total. The van der Waals surface area contributed by atoms with E-state index in [1.54, 1.807) is 6.20 Å². The predicted octanol–water partition coefficient (Wildman–Crippen LogP) is 0.900. The molecule has 0 aliphatic carbocycles. The minimum absolute atomic E-state index is 0.622. The molecule has 1 heterocycles. The maximum atomic E-state index is 5.29. The van der Waals surface area contributed by atoms with Crippen molar-refractivity contribution < 1.29 is 4.74 Å². The number of H-pyrrole nitrogens is 1. The lowest BCUT2D eigenvalue weighted by Crippen LogP contribution is -2.06. The van der Waals surface area contributed by atoms with E-state index < -0.39 is 0 Å². The zero-order valence-corrected chi connectivity index (χ0v) is 7.60. The van der Waals surface area contributed by atoms with Gasteiger partial charge in [0.1, 0.15) is 0 Å². The SMILES string of the molecule is NCCCOc1[nH]ncc1Br. The minimum atomic E-state index is 0.622. The molecule has 0 saturated carbocycles. The summed E-state index contributed by atoms with van der Waals surface area (Å²) in [5, 5.41) is 6.48. The lowest BCUT2D eigenvalue weighted by molar-refractivity contribution is 0.299. The van der Waals surface area contributed by atoms with Gasteiger partial charge in [-0.25, -0.2) is 5.10 Å². The van der Waals surface area contributed by atoms with Gasteiger partial charge < -0.3 is 10.5 Å². The first-order chi connectivity index (χ1) is 5.34. The number of nitrogens with zero attached hydrogens (tertiary/aromatic N) is 1. The number of ether oxygens (including phenoxy) is 1. The standard InChI is InChI=1S/C6H10BrN3O/c7-5-4-9-10-6(5)11-3-1-2-8/h4H,1-3,8H2,(H,9,10). The van der Waals surface area contributed by atoms with Gasteiger partial charge in [-0.1, -0.05) is 0 Å². The van der Waals surface area contributed by atoms with Gasteiger partial charge in [0.05, 0.1) is 17.3 Å². The van der Waals surface area contributed by atoms with Gasteiger partial charge in [-0.3, -0.25) is 0 Å². The number of aromatic amines is 1. The highest BCUT2D eigenvalue weighted by atomic mass is 79.9. The Hall–Kier alpha value is -0.550. The van der Waals surface area contributed by atoms with Crippen molar-refractivity contribution in [2.45, 2.75) is 6.42 Å². The normalized spacial score (nSPS) is 10.0. The van der Waals surface area contributed by atoms with Gasteiger partial charge >= 0.3 is 0 Å². The quantitative estimate of drug-likeness (QED) is 0.741. The summed E-state index contributed by atoms with van der Waals surface area (Å²) < 4.78 is 6.11. The van der Waals surface area contributed by atoms with Crippen molar-refractivity contribution >= 4 is 15.9 Å². The largest absolute Gasteiger partial charge is 0.477 e. The Morgan fingerprint density at radius 2 is 2.55 bits per heavy atom. The molecule has 0 saturated heterocycles. The van der Waals surface area contributed by atoms with Crippen LogP contribution in [0.15, 0.2) is 10.7 Å². The van der Waals surface area contributed by atoms with E-state index in [0.29, 0.717) is 19.0 Å². The molecule has 0 unspecified atom stereocenters. The highest BCUT2D eigenvalue weighted by Crippen LogP contribution is 2.20. The van der Waals surface area contributed by atoms with E-state index in [9.17, 15) is 0 Å². The Bertz CT molecular complexity index is 213. The maximum absolute atomic E-state index is 5.29. The predicted molar refractivity (Wildman–Crippen MR) is 45.5 cm³/mol. The van der Waals surface area contributed by atoms with Crippen LogP contribution in [0.25, 0.3) is 0 Å². The molecule has 1 rings (SSSR count). The maximum Gasteiger partial charge on any atom is 0.223 e. The van der Waals surface area contributed by atoms with Gasteiger partial charge in [0, 0.05) is 0 Å². The molecule has 11 heavy (non-hydrogen) atoms. The fourth-order valence-corrected chi connectivity index (χ4v) is 0.924. The summed E-state index contributed by atoms with van der Waals surface area (Å²) in [5.41, 5.74) is 5.29. The third kappa shape index (κ3) is 2.51. The zero-order chi connectivity index (χ0) is 8.10. The molecule has 5 heteroatoms. The lowest BCUT2D eigenvalue weighted by atomic mass is 10.5. The van der Waals surface area contributed by atoms with Crippen LogP contribution in [0.5, 0.6) is 5.88 Å². The Morgan fingerprint density at radius 3 is 3.09 bits per heavy atom. The number of aromatic nitrogens is 2. The first kappa shape index (κ1) is 8.55. The summed E-state index contributed by atoms with van der Waals surface area (Å²) in [6.07, 6.45) is 2.50. The van der Waals surface area contributed by atoms with E-state index in [0.717, 1.165) is 10.9 Å². The van der Waals surface area contributed by atoms with Crippen LogP contribution in [0.1, 0.15) is 6.42 Å². The van der Waals surface area contributed by atoms with Crippen molar-refractivity contribution in [3.05, 3.63) is 10.7 Å². The molecule has 0 aliphatic heterocycles. The number of halogens is 1. The third-order valence-electron chi connectivity index (χ3n) is 1.16. The average molecular weight is 220 g/mol. The Labute approximate surface area is 73.2 Å². The topological polar surface area (TPSA) is 63.9 Å². The lowest BCUT2D eigenvalue weighted by Gasteiger charge is -2.00. The van der Waals surface area contributed by atoms with Crippen molar-refractivity contribution in [2.75, 3.05) is 13.2 Å². The molecule has 0 radical (unpaired) electrons. The zero-order valence-electron chi connectivity index (χ0n) is 6.01. The summed E-state index contributed by atoms with van der Waals surface area (Å²) in [6, 6.07) is 0. The van der Waals surface area contributed by atoms with Crippen LogP contribution in [0.4, 0.5) is 0 Å². The van der Waals surface area contributed by atoms with Crippen molar-refractivity contribution in [3.63, 3.8) is 0 Å². The molecule has 0 bridgehead atoms. The summed E-state index contributed by atoms with van der Waals surface area (Å²) in [6.45, 7) is 1.27. The van der Waals surface area contributed by atoms with Crippen LogP contribution in [0, 0.1) is 0 Å². The van der Waals surface area contributed by atoms with Crippen molar-refractivity contribution in [1.82, 2.24) is 10.2 Å². The number of hydrogen-bond donors (Lipinski definition) is 2. The third-order valence-corrected chi connectivity index (χ3v) is 1.72. The van der Waals surface area contributed by atoms with E-state index in [-0.39, 0.29) is 0 Å². The summed E-state index contributed by atoms with van der Waals surface area (Å²) in [7, 11) is 0. The fourth-order valence-electron chi connectivity index (χ4n) is 0.618. The van der Waals surface area contributed by atoms with E-state index in [2.05, 4.69) is 26.1 Å². The number of nitrogens with one attached hydrogen (secondary N) is 1. The van der Waals surface area contributed by atoms with Crippen molar-refractivity contribution in [3.8, 4) is 5.88 Å². The summed E-state index contributed by atoms with van der Waals surface area (Å²) in [5.74, 6) is 0.665. The van der Waals surface area contributed by atoms with Crippen LogP contribution in [0.3, 0.4) is 0 Å². The molecule has 1 aromatic rings. The molecular formula is C6H10BrN3O. The highest BCUT2D eigenvalue weighted by Gasteiger charge is 2.00. The summed E-state index contributed by atoms with van der Waals surface area (Å²) in [4.78, 5) is 0. The highest BCUT2D eigenvalue weighted by molar-refractivity contribution is 9.10. The second-order valence-electron chi connectivity index (χ2n) is 2.04. The Balaban J connectivity index is 2.32. The molecule has 4 nitrogen and oxygen atoms in total. The van der Waals surface area contributed by atoms with Crippen molar-refractivity contribution in [1.29, 1.82) is 0 Å². The van der Waals surface area contributed by atoms with Gasteiger partial charge in [0.25, 0.3) is 0 Å². The number of nitrogens with two attached hydrogens (primary N) is 1. The van der Waals surface area contributed by atoms with Crippen LogP contribution < -0.4 is 10.5 Å². The molecule has 0 fully saturated rings. The van der Waals surface area contributed by atoms with Gasteiger partial charge in [0.15, 0.2) is 0 Å². The second kappa shape index (κ2) is 4.35. The van der Waals surface area contributed by atoms with Gasteiger partial charge in [-0.15, -0.1) is 0 Å². The van der Waals surface area contributed by atoms with E-state index in [4.69, 9.17) is 10.5 Å². The first-order valence-electron chi connectivity index (χ1n) is 3.36.